The van der Waals surface area contributed by atoms with Crippen LogP contribution in [-0.2, 0) is 12.0 Å². The molecular formula is C13H24N2S. The van der Waals surface area contributed by atoms with Gasteiger partial charge >= 0.3 is 0 Å². The zero-order valence-corrected chi connectivity index (χ0v) is 11.9. The molecule has 92 valence electrons. The summed E-state index contributed by atoms with van der Waals surface area (Å²) in [6.07, 6.45) is 1.23. The van der Waals surface area contributed by atoms with Crippen molar-refractivity contribution in [3.05, 3.63) is 16.1 Å². The molecule has 16 heavy (non-hydrogen) atoms. The molecule has 0 saturated carbocycles. The number of hydrogen-bond donors (Lipinski definition) is 1. The quantitative estimate of drug-likeness (QED) is 0.851. The van der Waals surface area contributed by atoms with Crippen molar-refractivity contribution in [3.63, 3.8) is 0 Å². The van der Waals surface area contributed by atoms with Gasteiger partial charge in [0, 0.05) is 17.3 Å². The van der Waals surface area contributed by atoms with Crippen LogP contribution >= 0.6 is 11.3 Å². The van der Waals surface area contributed by atoms with E-state index in [2.05, 4.69) is 50.3 Å². The molecule has 0 aliphatic heterocycles. The van der Waals surface area contributed by atoms with Crippen LogP contribution in [0.3, 0.4) is 0 Å². The maximum absolute atomic E-state index is 4.66. The summed E-state index contributed by atoms with van der Waals surface area (Å²) in [7, 11) is 0. The predicted octanol–water partition coefficient (Wildman–Crippen LogP) is 3.58. The van der Waals surface area contributed by atoms with E-state index < -0.39 is 0 Å². The fourth-order valence-electron chi connectivity index (χ4n) is 1.31. The Morgan fingerprint density at radius 3 is 2.62 bits per heavy atom. The average molecular weight is 240 g/mol. The molecule has 0 saturated heterocycles. The van der Waals surface area contributed by atoms with Crippen LogP contribution in [0.5, 0.6) is 0 Å². The molecular weight excluding hydrogens is 216 g/mol. The highest BCUT2D eigenvalue weighted by atomic mass is 32.1. The molecule has 1 aromatic heterocycles. The Morgan fingerprint density at radius 1 is 1.44 bits per heavy atom. The number of nitrogens with one attached hydrogen (secondary N) is 1. The van der Waals surface area contributed by atoms with Crippen molar-refractivity contribution in [2.75, 3.05) is 6.54 Å². The van der Waals surface area contributed by atoms with Crippen molar-refractivity contribution in [2.45, 2.75) is 53.0 Å². The minimum absolute atomic E-state index is 0.172. The van der Waals surface area contributed by atoms with Gasteiger partial charge in [0.1, 0.15) is 5.01 Å². The SMILES string of the molecule is CCC(C)CNCc1nc(C(C)(C)C)cs1. The molecule has 0 amide bonds. The van der Waals surface area contributed by atoms with Gasteiger partial charge in [-0.2, -0.15) is 0 Å². The molecule has 1 heterocycles. The first-order valence-corrected chi connectivity index (χ1v) is 6.97. The van der Waals surface area contributed by atoms with Gasteiger partial charge in [-0.3, -0.25) is 0 Å². The zero-order valence-electron chi connectivity index (χ0n) is 11.1. The van der Waals surface area contributed by atoms with Gasteiger partial charge < -0.3 is 5.32 Å². The smallest absolute Gasteiger partial charge is 0.107 e. The van der Waals surface area contributed by atoms with E-state index in [1.165, 1.54) is 17.1 Å². The summed E-state index contributed by atoms with van der Waals surface area (Å²) in [6.45, 7) is 13.1. The second-order valence-corrected chi connectivity index (χ2v) is 6.46. The Balaban J connectivity index is 2.41. The summed E-state index contributed by atoms with van der Waals surface area (Å²) in [6, 6.07) is 0. The molecule has 0 spiro atoms. The third-order valence-electron chi connectivity index (χ3n) is 2.79. The fraction of sp³-hybridized carbons (Fsp3) is 0.769. The van der Waals surface area contributed by atoms with E-state index in [-0.39, 0.29) is 5.41 Å². The summed E-state index contributed by atoms with van der Waals surface area (Å²) in [5.74, 6) is 0.752. The van der Waals surface area contributed by atoms with Gasteiger partial charge in [0.05, 0.1) is 5.69 Å². The first kappa shape index (κ1) is 13.7. The van der Waals surface area contributed by atoms with E-state index in [9.17, 15) is 0 Å². The minimum Gasteiger partial charge on any atom is -0.310 e. The molecule has 1 unspecified atom stereocenters. The first-order valence-electron chi connectivity index (χ1n) is 6.09. The molecule has 0 radical (unpaired) electrons. The fourth-order valence-corrected chi connectivity index (χ4v) is 2.30. The first-order chi connectivity index (χ1) is 7.43. The van der Waals surface area contributed by atoms with Crippen LogP contribution in [0.1, 0.15) is 51.7 Å². The zero-order chi connectivity index (χ0) is 12.2. The Morgan fingerprint density at radius 2 is 2.12 bits per heavy atom. The van der Waals surface area contributed by atoms with Gasteiger partial charge in [-0.25, -0.2) is 4.98 Å². The molecule has 0 aliphatic rings. The molecule has 3 heteroatoms. The van der Waals surface area contributed by atoms with Crippen LogP contribution in [0, 0.1) is 5.92 Å². The number of rotatable bonds is 5. The number of nitrogens with zero attached hydrogens (tertiary/aromatic N) is 1. The summed E-state index contributed by atoms with van der Waals surface area (Å²) >= 11 is 1.76. The molecule has 0 aromatic carbocycles. The second kappa shape index (κ2) is 5.78. The van der Waals surface area contributed by atoms with Gasteiger partial charge in [-0.1, -0.05) is 41.0 Å². The van der Waals surface area contributed by atoms with Crippen molar-refractivity contribution in [3.8, 4) is 0 Å². The highest BCUT2D eigenvalue weighted by Crippen LogP contribution is 2.23. The second-order valence-electron chi connectivity index (χ2n) is 5.52. The van der Waals surface area contributed by atoms with Gasteiger partial charge in [-0.15, -0.1) is 11.3 Å². The van der Waals surface area contributed by atoms with Crippen molar-refractivity contribution in [1.82, 2.24) is 10.3 Å². The van der Waals surface area contributed by atoms with E-state index in [4.69, 9.17) is 0 Å². The molecule has 0 bridgehead atoms. The average Bonchev–Trinajstić information content (AvgIpc) is 2.65. The normalized spacial score (nSPS) is 14.1. The Bertz CT molecular complexity index is 312. The number of aromatic nitrogens is 1. The largest absolute Gasteiger partial charge is 0.310 e. The lowest BCUT2D eigenvalue weighted by Gasteiger charge is -2.14. The highest BCUT2D eigenvalue weighted by Gasteiger charge is 2.17. The van der Waals surface area contributed by atoms with Crippen LogP contribution < -0.4 is 5.32 Å². The Labute approximate surface area is 103 Å². The summed E-state index contributed by atoms with van der Waals surface area (Å²) < 4.78 is 0. The lowest BCUT2D eigenvalue weighted by atomic mass is 9.93. The standard InChI is InChI=1S/C13H24N2S/c1-6-10(2)7-14-8-12-15-11(9-16-12)13(3,4)5/h9-10,14H,6-8H2,1-5H3. The van der Waals surface area contributed by atoms with Gasteiger partial charge in [0.25, 0.3) is 0 Å². The van der Waals surface area contributed by atoms with E-state index in [0.717, 1.165) is 19.0 Å². The lowest BCUT2D eigenvalue weighted by molar-refractivity contribution is 0.498. The third kappa shape index (κ3) is 4.22. The van der Waals surface area contributed by atoms with Gasteiger partial charge in [0.15, 0.2) is 0 Å². The van der Waals surface area contributed by atoms with Crippen LogP contribution in [0.4, 0.5) is 0 Å². The maximum Gasteiger partial charge on any atom is 0.107 e. The summed E-state index contributed by atoms with van der Waals surface area (Å²) in [5, 5.41) is 6.85. The minimum atomic E-state index is 0.172. The van der Waals surface area contributed by atoms with Crippen molar-refractivity contribution < 1.29 is 0 Å². The summed E-state index contributed by atoms with van der Waals surface area (Å²) in [5.41, 5.74) is 1.38. The van der Waals surface area contributed by atoms with E-state index >= 15 is 0 Å². The number of hydrogen-bond acceptors (Lipinski definition) is 3. The molecule has 1 N–H and O–H groups in total. The monoisotopic (exact) mass is 240 g/mol. The van der Waals surface area contributed by atoms with E-state index in [1.807, 2.05) is 0 Å². The molecule has 1 aromatic rings. The molecule has 0 fully saturated rings. The van der Waals surface area contributed by atoms with E-state index in [0.29, 0.717) is 0 Å². The van der Waals surface area contributed by atoms with Gasteiger partial charge in [0.2, 0.25) is 0 Å². The Hall–Kier alpha value is -0.410. The van der Waals surface area contributed by atoms with E-state index in [1.54, 1.807) is 11.3 Å². The predicted molar refractivity (Wildman–Crippen MR) is 72.0 cm³/mol. The van der Waals surface area contributed by atoms with Crippen molar-refractivity contribution in [1.29, 1.82) is 0 Å². The van der Waals surface area contributed by atoms with Crippen LogP contribution in [0.25, 0.3) is 0 Å². The molecule has 1 atom stereocenters. The topological polar surface area (TPSA) is 24.9 Å². The Kier molecular flexibility index (Phi) is 4.93. The van der Waals surface area contributed by atoms with Crippen LogP contribution in [-0.4, -0.2) is 11.5 Å². The maximum atomic E-state index is 4.66. The van der Waals surface area contributed by atoms with Gasteiger partial charge in [-0.05, 0) is 12.5 Å². The molecule has 1 rings (SSSR count). The number of thiazole rings is 1. The molecule has 0 aliphatic carbocycles. The highest BCUT2D eigenvalue weighted by molar-refractivity contribution is 7.09. The molecule has 2 nitrogen and oxygen atoms in total. The van der Waals surface area contributed by atoms with Crippen LogP contribution in [0.15, 0.2) is 5.38 Å². The van der Waals surface area contributed by atoms with Crippen molar-refractivity contribution >= 4 is 11.3 Å². The third-order valence-corrected chi connectivity index (χ3v) is 3.63. The lowest BCUT2D eigenvalue weighted by Crippen LogP contribution is -2.20. The van der Waals surface area contributed by atoms with Crippen molar-refractivity contribution in [2.24, 2.45) is 5.92 Å². The summed E-state index contributed by atoms with van der Waals surface area (Å²) in [4.78, 5) is 4.66. The van der Waals surface area contributed by atoms with Crippen LogP contribution in [0.2, 0.25) is 0 Å².